The third kappa shape index (κ3) is 4.33. The Hall–Kier alpha value is -7.86. The second-order valence-electron chi connectivity index (χ2n) is 13.9. The van der Waals surface area contributed by atoms with E-state index in [1.807, 2.05) is 48.5 Å². The Labute approximate surface area is 316 Å². The highest BCUT2D eigenvalue weighted by Crippen LogP contribution is 2.41. The minimum atomic E-state index is 0.554. The van der Waals surface area contributed by atoms with Crippen LogP contribution < -0.4 is 0 Å². The monoisotopic (exact) mass is 699 g/mol. The first-order valence-electron chi connectivity index (χ1n) is 18.3. The van der Waals surface area contributed by atoms with Gasteiger partial charge >= 0.3 is 0 Å². The van der Waals surface area contributed by atoms with Crippen LogP contribution in [-0.4, -0.2) is 13.7 Å². The molecule has 0 spiro atoms. The van der Waals surface area contributed by atoms with Crippen LogP contribution in [0.5, 0.6) is 0 Å². The fourth-order valence-electron chi connectivity index (χ4n) is 8.88. The van der Waals surface area contributed by atoms with Gasteiger partial charge in [-0.05, 0) is 66.2 Å². The van der Waals surface area contributed by atoms with E-state index in [4.69, 9.17) is 0 Å². The van der Waals surface area contributed by atoms with E-state index in [9.17, 15) is 10.5 Å². The number of aromatic nitrogens is 3. The summed E-state index contributed by atoms with van der Waals surface area (Å²) < 4.78 is 6.82. The van der Waals surface area contributed by atoms with Gasteiger partial charge < -0.3 is 13.7 Å². The Morgan fingerprint density at radius 2 is 0.873 bits per heavy atom. The van der Waals surface area contributed by atoms with Gasteiger partial charge in [-0.3, -0.25) is 0 Å². The summed E-state index contributed by atoms with van der Waals surface area (Å²) in [6, 6.07) is 65.9. The van der Waals surface area contributed by atoms with Crippen LogP contribution in [0.2, 0.25) is 0 Å². The summed E-state index contributed by atoms with van der Waals surface area (Å²) in [5, 5.41) is 27.8. The Balaban J connectivity index is 1.09. The molecule has 0 amide bonds. The van der Waals surface area contributed by atoms with Gasteiger partial charge in [0.15, 0.2) is 0 Å². The predicted molar refractivity (Wildman–Crippen MR) is 224 cm³/mol. The Morgan fingerprint density at radius 3 is 1.53 bits per heavy atom. The molecule has 0 aliphatic heterocycles. The molecular formula is C50H29N5. The van der Waals surface area contributed by atoms with Crippen molar-refractivity contribution >= 4 is 65.4 Å². The first kappa shape index (κ1) is 30.7. The molecule has 11 rings (SSSR count). The van der Waals surface area contributed by atoms with Gasteiger partial charge in [-0.2, -0.15) is 10.5 Å². The zero-order valence-corrected chi connectivity index (χ0v) is 29.5. The molecule has 0 radical (unpaired) electrons. The number of para-hydroxylation sites is 5. The van der Waals surface area contributed by atoms with Crippen LogP contribution in [0.4, 0.5) is 0 Å². The van der Waals surface area contributed by atoms with Crippen LogP contribution in [0.15, 0.2) is 176 Å². The van der Waals surface area contributed by atoms with Gasteiger partial charge in [-0.1, -0.05) is 115 Å². The van der Waals surface area contributed by atoms with Crippen LogP contribution in [0.25, 0.3) is 93.6 Å². The maximum absolute atomic E-state index is 10.8. The van der Waals surface area contributed by atoms with E-state index in [1.165, 1.54) is 32.6 Å². The molecular weight excluding hydrogens is 671 g/mol. The van der Waals surface area contributed by atoms with E-state index in [0.29, 0.717) is 11.1 Å². The molecule has 11 aromatic rings. The third-order valence-corrected chi connectivity index (χ3v) is 11.1. The summed E-state index contributed by atoms with van der Waals surface area (Å²) in [5.74, 6) is 0. The molecule has 254 valence electrons. The molecule has 0 unspecified atom stereocenters. The Bertz CT molecular complexity index is 3400. The summed E-state index contributed by atoms with van der Waals surface area (Å²) >= 11 is 0. The standard InChI is InChI=1S/C50H29N5/c51-30-33-12-9-18-39-38-15-3-7-21-44(38)55(50(33)39)46-23-10-17-35(41(46)31-52)32-26-28-34(29-27-32)53-45-22-8-4-16-40(45)49-47(53)24-11-25-48(49)54-42-19-5-1-13-36(42)37-14-2-6-20-43(37)54/h1-29H. The molecule has 3 heterocycles. The van der Waals surface area contributed by atoms with Gasteiger partial charge in [-0.25, -0.2) is 0 Å². The minimum absolute atomic E-state index is 0.554. The molecule has 55 heavy (non-hydrogen) atoms. The molecule has 5 heteroatoms. The van der Waals surface area contributed by atoms with Gasteiger partial charge in [-0.15, -0.1) is 0 Å². The molecule has 3 aromatic heterocycles. The third-order valence-electron chi connectivity index (χ3n) is 11.1. The summed E-state index contributed by atoms with van der Waals surface area (Å²) in [5.41, 5.74) is 12.2. The van der Waals surface area contributed by atoms with Crippen molar-refractivity contribution in [1.29, 1.82) is 10.5 Å². The second-order valence-corrected chi connectivity index (χ2v) is 13.9. The van der Waals surface area contributed by atoms with Crippen molar-refractivity contribution in [3.8, 4) is 40.3 Å². The van der Waals surface area contributed by atoms with Crippen molar-refractivity contribution in [1.82, 2.24) is 13.7 Å². The maximum atomic E-state index is 10.8. The van der Waals surface area contributed by atoms with Crippen molar-refractivity contribution in [3.05, 3.63) is 187 Å². The van der Waals surface area contributed by atoms with Crippen molar-refractivity contribution in [2.24, 2.45) is 0 Å². The molecule has 0 atom stereocenters. The average Bonchev–Trinajstić information content (AvgIpc) is 3.89. The van der Waals surface area contributed by atoms with Crippen LogP contribution in [0.3, 0.4) is 0 Å². The molecule has 0 bridgehead atoms. The molecule has 8 aromatic carbocycles. The van der Waals surface area contributed by atoms with Gasteiger partial charge in [0.25, 0.3) is 0 Å². The topological polar surface area (TPSA) is 62.4 Å². The number of rotatable bonds is 4. The molecule has 0 aliphatic rings. The van der Waals surface area contributed by atoms with Crippen LogP contribution in [0, 0.1) is 22.7 Å². The van der Waals surface area contributed by atoms with Crippen LogP contribution in [-0.2, 0) is 0 Å². The lowest BCUT2D eigenvalue weighted by atomic mass is 9.98. The fourth-order valence-corrected chi connectivity index (χ4v) is 8.88. The molecule has 0 fully saturated rings. The number of hydrogen-bond donors (Lipinski definition) is 0. The van der Waals surface area contributed by atoms with Gasteiger partial charge in [0.1, 0.15) is 12.1 Å². The van der Waals surface area contributed by atoms with Crippen molar-refractivity contribution in [2.45, 2.75) is 0 Å². The zero-order valence-electron chi connectivity index (χ0n) is 29.5. The number of fused-ring (bicyclic) bond motifs is 9. The smallest absolute Gasteiger partial charge is 0.102 e. The molecule has 0 saturated heterocycles. The summed E-state index contributed by atoms with van der Waals surface area (Å²) in [6.45, 7) is 0. The van der Waals surface area contributed by atoms with Crippen molar-refractivity contribution < 1.29 is 0 Å². The van der Waals surface area contributed by atoms with E-state index >= 15 is 0 Å². The second kappa shape index (κ2) is 11.8. The normalized spacial score (nSPS) is 11.6. The SMILES string of the molecule is N#Cc1c(-c2ccc(-n3c4ccccc4c4c(-n5c6ccccc6c6ccccc65)cccc43)cc2)cccc1-n1c2ccccc2c2cccc(C#N)c21. The quantitative estimate of drug-likeness (QED) is 0.184. The lowest BCUT2D eigenvalue weighted by molar-refractivity contribution is 1.16. The Morgan fingerprint density at radius 1 is 0.364 bits per heavy atom. The van der Waals surface area contributed by atoms with E-state index in [-0.39, 0.29) is 0 Å². The van der Waals surface area contributed by atoms with Crippen molar-refractivity contribution in [2.75, 3.05) is 0 Å². The average molecular weight is 700 g/mol. The highest BCUT2D eigenvalue weighted by atomic mass is 15.0. The number of benzene rings is 8. The first-order valence-corrected chi connectivity index (χ1v) is 18.3. The summed E-state index contributed by atoms with van der Waals surface area (Å²) in [6.07, 6.45) is 0. The van der Waals surface area contributed by atoms with E-state index in [2.05, 4.69) is 153 Å². The molecule has 5 nitrogen and oxygen atoms in total. The predicted octanol–water partition coefficient (Wildman–Crippen LogP) is 12.4. The van der Waals surface area contributed by atoms with Crippen molar-refractivity contribution in [3.63, 3.8) is 0 Å². The van der Waals surface area contributed by atoms with Crippen LogP contribution in [0.1, 0.15) is 11.1 Å². The minimum Gasteiger partial charge on any atom is -0.309 e. The molecule has 0 N–H and O–H groups in total. The van der Waals surface area contributed by atoms with E-state index in [1.54, 1.807) is 0 Å². The highest BCUT2D eigenvalue weighted by molar-refractivity contribution is 6.16. The largest absolute Gasteiger partial charge is 0.309 e. The van der Waals surface area contributed by atoms with E-state index in [0.717, 1.165) is 61.0 Å². The van der Waals surface area contributed by atoms with E-state index < -0.39 is 0 Å². The zero-order chi connectivity index (χ0) is 36.6. The maximum Gasteiger partial charge on any atom is 0.102 e. The first-order chi connectivity index (χ1) is 27.2. The number of nitrogens with zero attached hydrogens (tertiary/aromatic N) is 5. The van der Waals surface area contributed by atoms with Gasteiger partial charge in [0.2, 0.25) is 0 Å². The number of nitriles is 2. The summed E-state index contributed by atoms with van der Waals surface area (Å²) in [7, 11) is 0. The lowest BCUT2D eigenvalue weighted by Crippen LogP contribution is -2.01. The fraction of sp³-hybridized carbons (Fsp3) is 0. The van der Waals surface area contributed by atoms with Gasteiger partial charge in [0.05, 0.1) is 55.6 Å². The number of hydrogen-bond acceptors (Lipinski definition) is 2. The van der Waals surface area contributed by atoms with Gasteiger partial charge in [0, 0.05) is 43.6 Å². The Kier molecular flexibility index (Phi) is 6.61. The molecule has 0 aliphatic carbocycles. The lowest BCUT2D eigenvalue weighted by Gasteiger charge is -2.15. The van der Waals surface area contributed by atoms with Crippen LogP contribution >= 0.6 is 0 Å². The molecule has 0 saturated carbocycles. The highest BCUT2D eigenvalue weighted by Gasteiger charge is 2.21. The summed E-state index contributed by atoms with van der Waals surface area (Å²) in [4.78, 5) is 0.